The number of aliphatic hydroxyl groups is 1. The molecule has 27 heavy (non-hydrogen) atoms. The summed E-state index contributed by atoms with van der Waals surface area (Å²) >= 11 is 12.2. The van der Waals surface area contributed by atoms with Gasteiger partial charge in [0.1, 0.15) is 0 Å². The topological polar surface area (TPSA) is 54.7 Å². The van der Waals surface area contributed by atoms with Crippen LogP contribution in [-0.2, 0) is 4.84 Å². The molecule has 0 fully saturated rings. The molecule has 0 saturated heterocycles. The normalized spacial score (nSPS) is 20.0. The number of rotatable bonds is 4. The smallest absolute Gasteiger partial charge is 0.163 e. The summed E-state index contributed by atoms with van der Waals surface area (Å²) in [5, 5.41) is 16.7. The molecule has 2 aromatic carbocycles. The second-order valence-electron chi connectivity index (χ2n) is 6.32. The first-order valence-corrected chi connectivity index (χ1v) is 9.22. The molecule has 1 aliphatic rings. The number of nitrogens with zero attached hydrogens (tertiary/aromatic N) is 2. The van der Waals surface area contributed by atoms with Crippen molar-refractivity contribution in [3.05, 3.63) is 99.8 Å². The number of hydrogen-bond acceptors (Lipinski definition) is 4. The maximum atomic E-state index is 11.1. The van der Waals surface area contributed by atoms with Crippen molar-refractivity contribution in [3.63, 3.8) is 0 Å². The zero-order valence-corrected chi connectivity index (χ0v) is 15.7. The van der Waals surface area contributed by atoms with E-state index in [0.29, 0.717) is 21.3 Å². The third kappa shape index (κ3) is 3.69. The predicted molar refractivity (Wildman–Crippen MR) is 106 cm³/mol. The molecule has 4 nitrogen and oxygen atoms in total. The molecule has 3 aromatic rings. The van der Waals surface area contributed by atoms with Crippen LogP contribution in [-0.4, -0.2) is 15.8 Å². The van der Waals surface area contributed by atoms with E-state index in [1.165, 1.54) is 0 Å². The highest BCUT2D eigenvalue weighted by Crippen LogP contribution is 2.42. The maximum Gasteiger partial charge on any atom is 0.163 e. The summed E-state index contributed by atoms with van der Waals surface area (Å²) in [6.07, 6.45) is 2.01. The van der Waals surface area contributed by atoms with Crippen LogP contribution >= 0.6 is 23.2 Å². The summed E-state index contributed by atoms with van der Waals surface area (Å²) in [5.41, 5.74) is 3.05. The molecule has 0 saturated carbocycles. The number of oxime groups is 1. The fourth-order valence-corrected chi connectivity index (χ4v) is 3.60. The summed E-state index contributed by atoms with van der Waals surface area (Å²) in [6, 6.07) is 18.4. The Balaban J connectivity index is 1.76. The van der Waals surface area contributed by atoms with E-state index in [4.69, 9.17) is 28.0 Å². The average Bonchev–Trinajstić information content (AvgIpc) is 3.14. The highest BCUT2D eigenvalue weighted by molar-refractivity contribution is 6.31. The third-order valence-corrected chi connectivity index (χ3v) is 5.08. The van der Waals surface area contributed by atoms with Gasteiger partial charge in [-0.25, -0.2) is 0 Å². The van der Waals surface area contributed by atoms with Crippen LogP contribution < -0.4 is 0 Å². The molecule has 136 valence electrons. The number of hydrogen-bond donors (Lipinski definition) is 1. The molecule has 6 heteroatoms. The van der Waals surface area contributed by atoms with Gasteiger partial charge in [-0.1, -0.05) is 58.7 Å². The highest BCUT2D eigenvalue weighted by atomic mass is 35.5. The second-order valence-corrected chi connectivity index (χ2v) is 7.19. The molecule has 0 aliphatic carbocycles. The van der Waals surface area contributed by atoms with Crippen LogP contribution in [0.1, 0.15) is 28.9 Å². The van der Waals surface area contributed by atoms with Crippen LogP contribution in [0.15, 0.2) is 78.2 Å². The molecular weight excluding hydrogens is 383 g/mol. The monoisotopic (exact) mass is 398 g/mol. The fourth-order valence-electron chi connectivity index (χ4n) is 3.27. The Kier molecular flexibility index (Phi) is 5.12. The number of pyridine rings is 1. The van der Waals surface area contributed by atoms with Gasteiger partial charge >= 0.3 is 0 Å². The van der Waals surface area contributed by atoms with Gasteiger partial charge in [0, 0.05) is 22.4 Å². The predicted octanol–water partition coefficient (Wildman–Crippen LogP) is 5.21. The minimum atomic E-state index is -0.848. The number of aromatic nitrogens is 1. The van der Waals surface area contributed by atoms with Crippen LogP contribution in [0, 0.1) is 5.92 Å². The van der Waals surface area contributed by atoms with E-state index in [9.17, 15) is 5.11 Å². The SMILES string of the molecule is OC(c1cccnc1)C1C(c2ccc(Cl)cc2)=NOC1c1cccc(Cl)c1. The summed E-state index contributed by atoms with van der Waals surface area (Å²) in [5.74, 6) is -0.422. The molecule has 1 N–H and O–H groups in total. The van der Waals surface area contributed by atoms with E-state index >= 15 is 0 Å². The van der Waals surface area contributed by atoms with Crippen molar-refractivity contribution in [2.24, 2.45) is 11.1 Å². The number of aliphatic hydroxyl groups excluding tert-OH is 1. The third-order valence-electron chi connectivity index (χ3n) is 4.59. The summed E-state index contributed by atoms with van der Waals surface area (Å²) in [7, 11) is 0. The lowest BCUT2D eigenvalue weighted by Gasteiger charge is -2.24. The van der Waals surface area contributed by atoms with Crippen molar-refractivity contribution >= 4 is 28.9 Å². The van der Waals surface area contributed by atoms with Gasteiger partial charge in [-0.3, -0.25) is 4.98 Å². The molecule has 1 aliphatic heterocycles. The maximum absolute atomic E-state index is 11.1. The van der Waals surface area contributed by atoms with Crippen molar-refractivity contribution in [1.29, 1.82) is 0 Å². The van der Waals surface area contributed by atoms with Gasteiger partial charge in [0.05, 0.1) is 17.7 Å². The minimum Gasteiger partial charge on any atom is -0.387 e. The van der Waals surface area contributed by atoms with Crippen molar-refractivity contribution < 1.29 is 9.94 Å². The molecular formula is C21H16Cl2N2O2. The zero-order chi connectivity index (χ0) is 18.8. The Hall–Kier alpha value is -2.40. The molecule has 0 amide bonds. The fraction of sp³-hybridized carbons (Fsp3) is 0.143. The summed E-state index contributed by atoms with van der Waals surface area (Å²) in [4.78, 5) is 9.88. The Morgan fingerprint density at radius 1 is 0.963 bits per heavy atom. The molecule has 3 atom stereocenters. The summed E-state index contributed by atoms with van der Waals surface area (Å²) < 4.78 is 0. The molecule has 0 bridgehead atoms. The van der Waals surface area contributed by atoms with E-state index in [1.54, 1.807) is 36.7 Å². The first kappa shape index (κ1) is 18.0. The molecule has 0 spiro atoms. The van der Waals surface area contributed by atoms with Crippen LogP contribution in [0.4, 0.5) is 0 Å². The molecule has 3 unspecified atom stereocenters. The van der Waals surface area contributed by atoms with Gasteiger partial charge in [-0.2, -0.15) is 0 Å². The quantitative estimate of drug-likeness (QED) is 0.655. The van der Waals surface area contributed by atoms with E-state index in [-0.39, 0.29) is 0 Å². The lowest BCUT2D eigenvalue weighted by atomic mass is 9.82. The summed E-state index contributed by atoms with van der Waals surface area (Å²) in [6.45, 7) is 0. The Labute approximate surface area is 167 Å². The molecule has 0 radical (unpaired) electrons. The zero-order valence-electron chi connectivity index (χ0n) is 14.2. The van der Waals surface area contributed by atoms with Crippen molar-refractivity contribution in [2.75, 3.05) is 0 Å². The highest BCUT2D eigenvalue weighted by Gasteiger charge is 2.41. The van der Waals surface area contributed by atoms with E-state index in [2.05, 4.69) is 10.1 Å². The number of benzene rings is 2. The van der Waals surface area contributed by atoms with Crippen LogP contribution in [0.5, 0.6) is 0 Å². The van der Waals surface area contributed by atoms with E-state index in [1.807, 2.05) is 36.4 Å². The Morgan fingerprint density at radius 2 is 1.78 bits per heavy atom. The Morgan fingerprint density at radius 3 is 2.48 bits per heavy atom. The Bertz CT molecular complexity index is 961. The van der Waals surface area contributed by atoms with Crippen molar-refractivity contribution in [2.45, 2.75) is 12.2 Å². The van der Waals surface area contributed by atoms with Crippen molar-refractivity contribution in [1.82, 2.24) is 4.98 Å². The van der Waals surface area contributed by atoms with Gasteiger partial charge in [0.15, 0.2) is 6.10 Å². The first-order valence-electron chi connectivity index (χ1n) is 8.46. The van der Waals surface area contributed by atoms with Gasteiger partial charge in [-0.05, 0) is 47.0 Å². The van der Waals surface area contributed by atoms with Crippen LogP contribution in [0.2, 0.25) is 10.0 Å². The minimum absolute atomic E-state index is 0.422. The lowest BCUT2D eigenvalue weighted by Crippen LogP contribution is -2.25. The first-order chi connectivity index (χ1) is 13.1. The molecule has 1 aromatic heterocycles. The number of halogens is 2. The van der Waals surface area contributed by atoms with Crippen LogP contribution in [0.25, 0.3) is 0 Å². The lowest BCUT2D eigenvalue weighted by molar-refractivity contribution is 0.0148. The van der Waals surface area contributed by atoms with E-state index in [0.717, 1.165) is 11.1 Å². The van der Waals surface area contributed by atoms with Gasteiger partial charge in [0.25, 0.3) is 0 Å². The molecule has 4 rings (SSSR count). The average molecular weight is 399 g/mol. The van der Waals surface area contributed by atoms with Crippen LogP contribution in [0.3, 0.4) is 0 Å². The van der Waals surface area contributed by atoms with Gasteiger partial charge in [0.2, 0.25) is 0 Å². The van der Waals surface area contributed by atoms with Gasteiger partial charge in [-0.15, -0.1) is 0 Å². The standard InChI is InChI=1S/C21H16Cl2N2O2/c22-16-8-6-13(7-9-16)19-18(20(26)15-4-2-10-24-12-15)21(27-25-19)14-3-1-5-17(23)11-14/h1-12,18,20-21,26H. The van der Waals surface area contributed by atoms with Gasteiger partial charge < -0.3 is 9.94 Å². The second kappa shape index (κ2) is 7.69. The molecule has 2 heterocycles. The van der Waals surface area contributed by atoms with Crippen molar-refractivity contribution in [3.8, 4) is 0 Å². The van der Waals surface area contributed by atoms with E-state index < -0.39 is 18.1 Å². The largest absolute Gasteiger partial charge is 0.387 e.